The minimum atomic E-state index is -0.117. The van der Waals surface area contributed by atoms with E-state index in [2.05, 4.69) is 23.7 Å². The standard InChI is InChI=1S/C15H22ClN3O/c1-15(2)7-9-19(10-8-15)12-6-5-11(13(16)17-12)14(20)18(3)4/h5-6H,7-10H2,1-4H3. The van der Waals surface area contributed by atoms with Crippen molar-refractivity contribution in [2.45, 2.75) is 26.7 Å². The van der Waals surface area contributed by atoms with Crippen molar-refractivity contribution in [2.24, 2.45) is 5.41 Å². The summed E-state index contributed by atoms with van der Waals surface area (Å²) in [6.07, 6.45) is 2.29. The van der Waals surface area contributed by atoms with Crippen LogP contribution in [0.25, 0.3) is 0 Å². The van der Waals surface area contributed by atoms with E-state index in [4.69, 9.17) is 11.6 Å². The van der Waals surface area contributed by atoms with E-state index in [-0.39, 0.29) is 11.1 Å². The number of hydrogen-bond donors (Lipinski definition) is 0. The highest BCUT2D eigenvalue weighted by atomic mass is 35.5. The number of carbonyl (C=O) groups is 1. The SMILES string of the molecule is CN(C)C(=O)c1ccc(N2CCC(C)(C)CC2)nc1Cl. The summed E-state index contributed by atoms with van der Waals surface area (Å²) in [5, 5.41) is 0.283. The Morgan fingerprint density at radius 3 is 2.40 bits per heavy atom. The summed E-state index contributed by atoms with van der Waals surface area (Å²) in [5.74, 6) is 0.745. The summed E-state index contributed by atoms with van der Waals surface area (Å²) in [5.41, 5.74) is 0.860. The number of aromatic nitrogens is 1. The van der Waals surface area contributed by atoms with Gasteiger partial charge < -0.3 is 9.80 Å². The number of piperidine rings is 1. The van der Waals surface area contributed by atoms with Gasteiger partial charge in [0.25, 0.3) is 5.91 Å². The van der Waals surface area contributed by atoms with Gasteiger partial charge in [-0.2, -0.15) is 0 Å². The van der Waals surface area contributed by atoms with Crippen LogP contribution in [0.2, 0.25) is 5.15 Å². The molecule has 1 aliphatic heterocycles. The van der Waals surface area contributed by atoms with Gasteiger partial charge in [-0.1, -0.05) is 25.4 Å². The molecule has 2 rings (SSSR count). The normalized spacial score (nSPS) is 17.9. The Morgan fingerprint density at radius 1 is 1.30 bits per heavy atom. The van der Waals surface area contributed by atoms with Crippen molar-refractivity contribution in [3.63, 3.8) is 0 Å². The van der Waals surface area contributed by atoms with Gasteiger partial charge in [0, 0.05) is 27.2 Å². The Labute approximate surface area is 125 Å². The molecule has 0 radical (unpaired) electrons. The summed E-state index contributed by atoms with van der Waals surface area (Å²) >= 11 is 6.16. The van der Waals surface area contributed by atoms with E-state index in [9.17, 15) is 4.79 Å². The molecule has 110 valence electrons. The fourth-order valence-electron chi connectivity index (χ4n) is 2.34. The van der Waals surface area contributed by atoms with Gasteiger partial charge in [0.15, 0.2) is 0 Å². The number of anilines is 1. The number of halogens is 1. The molecule has 2 heterocycles. The van der Waals surface area contributed by atoms with Crippen LogP contribution in [-0.2, 0) is 0 Å². The molecule has 0 aliphatic carbocycles. The first kappa shape index (κ1) is 15.1. The summed E-state index contributed by atoms with van der Waals surface area (Å²) in [7, 11) is 3.42. The van der Waals surface area contributed by atoms with Crippen LogP contribution >= 0.6 is 11.6 Å². The predicted molar refractivity (Wildman–Crippen MR) is 82.5 cm³/mol. The number of amides is 1. The molecule has 1 saturated heterocycles. The molecule has 1 fully saturated rings. The van der Waals surface area contributed by atoms with Crippen molar-refractivity contribution < 1.29 is 4.79 Å². The first-order valence-corrected chi connectivity index (χ1v) is 7.31. The largest absolute Gasteiger partial charge is 0.357 e. The van der Waals surface area contributed by atoms with Crippen molar-refractivity contribution in [1.29, 1.82) is 0 Å². The maximum Gasteiger partial charge on any atom is 0.256 e. The van der Waals surface area contributed by atoms with Gasteiger partial charge in [0.05, 0.1) is 5.56 Å². The molecule has 0 bridgehead atoms. The average Bonchev–Trinajstić information content (AvgIpc) is 2.37. The maximum atomic E-state index is 11.9. The highest BCUT2D eigenvalue weighted by Gasteiger charge is 2.26. The summed E-state index contributed by atoms with van der Waals surface area (Å²) in [6, 6.07) is 3.66. The van der Waals surface area contributed by atoms with E-state index in [1.54, 1.807) is 20.2 Å². The van der Waals surface area contributed by atoms with Crippen LogP contribution < -0.4 is 4.90 Å². The molecule has 1 aromatic rings. The first-order valence-electron chi connectivity index (χ1n) is 6.93. The molecule has 0 atom stereocenters. The van der Waals surface area contributed by atoms with Gasteiger partial charge in [0.2, 0.25) is 0 Å². The van der Waals surface area contributed by atoms with Crippen LogP contribution in [0.15, 0.2) is 12.1 Å². The number of nitrogens with zero attached hydrogens (tertiary/aromatic N) is 3. The van der Waals surface area contributed by atoms with E-state index in [1.807, 2.05) is 6.07 Å². The monoisotopic (exact) mass is 295 g/mol. The Bertz CT molecular complexity index is 504. The topological polar surface area (TPSA) is 36.4 Å². The first-order chi connectivity index (χ1) is 9.30. The highest BCUT2D eigenvalue weighted by molar-refractivity contribution is 6.32. The fourth-order valence-corrected chi connectivity index (χ4v) is 2.57. The Morgan fingerprint density at radius 2 is 1.90 bits per heavy atom. The van der Waals surface area contributed by atoms with E-state index in [0.29, 0.717) is 11.0 Å². The lowest BCUT2D eigenvalue weighted by molar-refractivity contribution is 0.0827. The van der Waals surface area contributed by atoms with Crippen LogP contribution in [0, 0.1) is 5.41 Å². The predicted octanol–water partition coefficient (Wildman–Crippen LogP) is 3.06. The number of carbonyl (C=O) groups excluding carboxylic acids is 1. The minimum absolute atomic E-state index is 0.117. The van der Waals surface area contributed by atoms with Crippen LogP contribution in [0.1, 0.15) is 37.0 Å². The molecule has 20 heavy (non-hydrogen) atoms. The molecule has 1 amide bonds. The number of hydrogen-bond acceptors (Lipinski definition) is 3. The van der Waals surface area contributed by atoms with Crippen molar-refractivity contribution in [3.8, 4) is 0 Å². The molecular weight excluding hydrogens is 274 g/mol. The van der Waals surface area contributed by atoms with E-state index in [1.165, 1.54) is 4.90 Å². The third kappa shape index (κ3) is 3.23. The zero-order chi connectivity index (χ0) is 14.9. The molecule has 1 aromatic heterocycles. The van der Waals surface area contributed by atoms with Gasteiger partial charge in [-0.15, -0.1) is 0 Å². The van der Waals surface area contributed by atoms with Crippen LogP contribution in [0.3, 0.4) is 0 Å². The third-order valence-electron chi connectivity index (χ3n) is 3.91. The lowest BCUT2D eigenvalue weighted by atomic mass is 9.83. The quantitative estimate of drug-likeness (QED) is 0.787. The summed E-state index contributed by atoms with van der Waals surface area (Å²) in [6.45, 7) is 6.56. The van der Waals surface area contributed by atoms with E-state index < -0.39 is 0 Å². The van der Waals surface area contributed by atoms with Crippen molar-refractivity contribution >= 4 is 23.3 Å². The molecule has 0 unspecified atom stereocenters. The lowest BCUT2D eigenvalue weighted by Crippen LogP contribution is -2.37. The zero-order valence-corrected chi connectivity index (χ0v) is 13.4. The molecule has 4 nitrogen and oxygen atoms in total. The molecular formula is C15H22ClN3O. The second kappa shape index (κ2) is 5.60. The highest BCUT2D eigenvalue weighted by Crippen LogP contribution is 2.32. The number of pyridine rings is 1. The molecule has 0 saturated carbocycles. The van der Waals surface area contributed by atoms with Crippen molar-refractivity contribution in [3.05, 3.63) is 22.8 Å². The fraction of sp³-hybridized carbons (Fsp3) is 0.600. The second-order valence-electron chi connectivity index (χ2n) is 6.36. The Balaban J connectivity index is 2.16. The summed E-state index contributed by atoms with van der Waals surface area (Å²) in [4.78, 5) is 20.1. The average molecular weight is 296 g/mol. The third-order valence-corrected chi connectivity index (χ3v) is 4.20. The zero-order valence-electron chi connectivity index (χ0n) is 12.6. The summed E-state index contributed by atoms with van der Waals surface area (Å²) < 4.78 is 0. The van der Waals surface area contributed by atoms with Crippen molar-refractivity contribution in [2.75, 3.05) is 32.1 Å². The van der Waals surface area contributed by atoms with Crippen LogP contribution in [-0.4, -0.2) is 43.0 Å². The van der Waals surface area contributed by atoms with Gasteiger partial charge in [-0.05, 0) is 30.4 Å². The maximum absolute atomic E-state index is 11.9. The minimum Gasteiger partial charge on any atom is -0.357 e. The lowest BCUT2D eigenvalue weighted by Gasteiger charge is -2.37. The second-order valence-corrected chi connectivity index (χ2v) is 6.72. The molecule has 0 aromatic carbocycles. The van der Waals surface area contributed by atoms with E-state index >= 15 is 0 Å². The van der Waals surface area contributed by atoms with Crippen LogP contribution in [0.4, 0.5) is 5.82 Å². The molecule has 0 spiro atoms. The number of rotatable bonds is 2. The van der Waals surface area contributed by atoms with Gasteiger partial charge in [-0.25, -0.2) is 4.98 Å². The Kier molecular flexibility index (Phi) is 4.23. The molecule has 1 aliphatic rings. The molecule has 5 heteroatoms. The molecule has 0 N–H and O–H groups in total. The van der Waals surface area contributed by atoms with E-state index in [0.717, 1.165) is 31.7 Å². The van der Waals surface area contributed by atoms with Gasteiger partial charge >= 0.3 is 0 Å². The van der Waals surface area contributed by atoms with Crippen molar-refractivity contribution in [1.82, 2.24) is 9.88 Å². The van der Waals surface area contributed by atoms with Crippen LogP contribution in [0.5, 0.6) is 0 Å². The van der Waals surface area contributed by atoms with Gasteiger partial charge in [-0.3, -0.25) is 4.79 Å². The van der Waals surface area contributed by atoms with Gasteiger partial charge in [0.1, 0.15) is 11.0 Å². The smallest absolute Gasteiger partial charge is 0.256 e. The Hall–Kier alpha value is -1.29.